The number of carbonyl (C=O) groups is 1. The van der Waals surface area contributed by atoms with Crippen LogP contribution in [0, 0.1) is 5.92 Å². The third-order valence-corrected chi connectivity index (χ3v) is 4.29. The molecule has 0 radical (unpaired) electrons. The number of nitrogens with zero attached hydrogens (tertiary/aromatic N) is 1. The van der Waals surface area contributed by atoms with Crippen LogP contribution in [0.15, 0.2) is 0 Å². The van der Waals surface area contributed by atoms with Gasteiger partial charge >= 0.3 is 0 Å². The molecular formula is C14H26N2O. The topological polar surface area (TPSA) is 32.3 Å². The Balaban J connectivity index is 1.93. The van der Waals surface area contributed by atoms with Crippen LogP contribution in [-0.2, 0) is 4.79 Å². The maximum Gasteiger partial charge on any atom is 0.225 e. The molecule has 17 heavy (non-hydrogen) atoms. The highest BCUT2D eigenvalue weighted by atomic mass is 16.2. The standard InChI is InChI=1S/C14H26N2O/c1-2-16(13-9-6-10-15-11-13)14(17)12-7-4-3-5-8-12/h12-13,15H,2-11H2,1H3. The minimum absolute atomic E-state index is 0.325. The van der Waals surface area contributed by atoms with Crippen molar-refractivity contribution in [2.45, 2.75) is 57.9 Å². The molecular weight excluding hydrogens is 212 g/mol. The van der Waals surface area contributed by atoms with Gasteiger partial charge in [0, 0.05) is 25.0 Å². The molecule has 3 heteroatoms. The molecule has 3 nitrogen and oxygen atoms in total. The van der Waals surface area contributed by atoms with Crippen LogP contribution >= 0.6 is 0 Å². The first kappa shape index (κ1) is 12.9. The molecule has 2 rings (SSSR count). The Morgan fingerprint density at radius 2 is 1.94 bits per heavy atom. The fourth-order valence-corrected chi connectivity index (χ4v) is 3.28. The summed E-state index contributed by atoms with van der Waals surface area (Å²) in [5.41, 5.74) is 0. The summed E-state index contributed by atoms with van der Waals surface area (Å²) in [5, 5.41) is 3.41. The van der Waals surface area contributed by atoms with E-state index in [1.165, 1.54) is 32.1 Å². The molecule has 0 aromatic carbocycles. The van der Waals surface area contributed by atoms with Gasteiger partial charge in [-0.2, -0.15) is 0 Å². The molecule has 2 fully saturated rings. The summed E-state index contributed by atoms with van der Waals surface area (Å²) >= 11 is 0. The first-order chi connectivity index (χ1) is 8.33. The highest BCUT2D eigenvalue weighted by Crippen LogP contribution is 2.26. The van der Waals surface area contributed by atoms with Gasteiger partial charge in [-0.15, -0.1) is 0 Å². The lowest BCUT2D eigenvalue weighted by molar-refractivity contribution is -0.139. The zero-order valence-electron chi connectivity index (χ0n) is 11.1. The van der Waals surface area contributed by atoms with E-state index in [4.69, 9.17) is 0 Å². The Morgan fingerprint density at radius 3 is 2.53 bits per heavy atom. The SMILES string of the molecule is CCN(C(=O)C1CCCCC1)C1CCCNC1. The molecule has 1 unspecified atom stereocenters. The monoisotopic (exact) mass is 238 g/mol. The Kier molecular flexibility index (Phi) is 4.84. The lowest BCUT2D eigenvalue weighted by Crippen LogP contribution is -2.50. The number of likely N-dealkylation sites (N-methyl/N-ethyl adjacent to an activating group) is 1. The number of hydrogen-bond acceptors (Lipinski definition) is 2. The van der Waals surface area contributed by atoms with Crippen molar-refractivity contribution in [2.24, 2.45) is 5.92 Å². The fourth-order valence-electron chi connectivity index (χ4n) is 3.28. The van der Waals surface area contributed by atoms with Crippen molar-refractivity contribution >= 4 is 5.91 Å². The smallest absolute Gasteiger partial charge is 0.225 e. The summed E-state index contributed by atoms with van der Waals surface area (Å²) in [6.45, 7) is 5.11. The highest BCUT2D eigenvalue weighted by Gasteiger charge is 2.30. The maximum absolute atomic E-state index is 12.5. The van der Waals surface area contributed by atoms with E-state index in [9.17, 15) is 4.79 Å². The summed E-state index contributed by atoms with van der Waals surface area (Å²) in [4.78, 5) is 14.7. The van der Waals surface area contributed by atoms with Gasteiger partial charge in [-0.3, -0.25) is 4.79 Å². The fraction of sp³-hybridized carbons (Fsp3) is 0.929. The van der Waals surface area contributed by atoms with Crippen molar-refractivity contribution in [1.82, 2.24) is 10.2 Å². The lowest BCUT2D eigenvalue weighted by Gasteiger charge is -2.37. The molecule has 0 aromatic rings. The quantitative estimate of drug-likeness (QED) is 0.817. The van der Waals surface area contributed by atoms with Crippen molar-refractivity contribution < 1.29 is 4.79 Å². The van der Waals surface area contributed by atoms with Crippen LogP contribution in [0.3, 0.4) is 0 Å². The number of nitrogens with one attached hydrogen (secondary N) is 1. The molecule has 1 N–H and O–H groups in total. The van der Waals surface area contributed by atoms with Crippen LogP contribution in [-0.4, -0.2) is 36.5 Å². The van der Waals surface area contributed by atoms with E-state index in [1.54, 1.807) is 0 Å². The predicted octanol–water partition coefficient (Wildman–Crippen LogP) is 2.17. The minimum Gasteiger partial charge on any atom is -0.338 e. The second kappa shape index (κ2) is 6.39. The Bertz CT molecular complexity index is 243. The van der Waals surface area contributed by atoms with Crippen LogP contribution in [0.2, 0.25) is 0 Å². The summed E-state index contributed by atoms with van der Waals surface area (Å²) in [5.74, 6) is 0.756. The number of piperidine rings is 1. The van der Waals surface area contributed by atoms with Crippen LogP contribution in [0.25, 0.3) is 0 Å². The summed E-state index contributed by atoms with van der Waals surface area (Å²) in [6, 6.07) is 0.447. The van der Waals surface area contributed by atoms with Gasteiger partial charge in [0.15, 0.2) is 0 Å². The largest absolute Gasteiger partial charge is 0.338 e. The first-order valence-electron chi connectivity index (χ1n) is 7.34. The third kappa shape index (κ3) is 3.21. The van der Waals surface area contributed by atoms with Gasteiger partial charge < -0.3 is 10.2 Å². The highest BCUT2D eigenvalue weighted by molar-refractivity contribution is 5.79. The molecule has 0 spiro atoms. The minimum atomic E-state index is 0.325. The van der Waals surface area contributed by atoms with Crippen LogP contribution < -0.4 is 5.32 Å². The Morgan fingerprint density at radius 1 is 1.18 bits per heavy atom. The summed E-state index contributed by atoms with van der Waals surface area (Å²) in [6.07, 6.45) is 8.44. The third-order valence-electron chi connectivity index (χ3n) is 4.29. The maximum atomic E-state index is 12.5. The normalized spacial score (nSPS) is 26.8. The molecule has 1 atom stereocenters. The van der Waals surface area contributed by atoms with Gasteiger partial charge in [0.1, 0.15) is 0 Å². The van der Waals surface area contributed by atoms with Crippen LogP contribution in [0.4, 0.5) is 0 Å². The molecule has 0 bridgehead atoms. The summed E-state index contributed by atoms with van der Waals surface area (Å²) < 4.78 is 0. The molecule has 1 saturated carbocycles. The van der Waals surface area contributed by atoms with Crippen molar-refractivity contribution in [1.29, 1.82) is 0 Å². The molecule has 2 aliphatic rings. The number of rotatable bonds is 3. The van der Waals surface area contributed by atoms with Crippen LogP contribution in [0.5, 0.6) is 0 Å². The zero-order valence-corrected chi connectivity index (χ0v) is 11.1. The molecule has 1 aliphatic carbocycles. The summed E-state index contributed by atoms with van der Waals surface area (Å²) in [7, 11) is 0. The predicted molar refractivity (Wildman–Crippen MR) is 69.9 cm³/mol. The second-order valence-corrected chi connectivity index (χ2v) is 5.46. The van der Waals surface area contributed by atoms with Gasteiger partial charge in [0.05, 0.1) is 0 Å². The van der Waals surface area contributed by atoms with Gasteiger partial charge in [-0.05, 0) is 39.2 Å². The van der Waals surface area contributed by atoms with Crippen molar-refractivity contribution in [3.8, 4) is 0 Å². The van der Waals surface area contributed by atoms with Gasteiger partial charge in [0.2, 0.25) is 5.91 Å². The first-order valence-corrected chi connectivity index (χ1v) is 7.34. The number of carbonyl (C=O) groups excluding carboxylic acids is 1. The molecule has 1 heterocycles. The van der Waals surface area contributed by atoms with E-state index >= 15 is 0 Å². The second-order valence-electron chi connectivity index (χ2n) is 5.46. The molecule has 98 valence electrons. The van der Waals surface area contributed by atoms with E-state index in [-0.39, 0.29) is 0 Å². The molecule has 0 aromatic heterocycles. The zero-order chi connectivity index (χ0) is 12.1. The number of amides is 1. The van der Waals surface area contributed by atoms with Gasteiger partial charge in [-0.25, -0.2) is 0 Å². The van der Waals surface area contributed by atoms with E-state index in [0.29, 0.717) is 17.9 Å². The van der Waals surface area contributed by atoms with E-state index in [2.05, 4.69) is 17.1 Å². The average molecular weight is 238 g/mol. The lowest BCUT2D eigenvalue weighted by atomic mass is 9.87. The Labute approximate surface area is 105 Å². The van der Waals surface area contributed by atoms with Crippen molar-refractivity contribution in [3.05, 3.63) is 0 Å². The van der Waals surface area contributed by atoms with Crippen molar-refractivity contribution in [2.75, 3.05) is 19.6 Å². The Hall–Kier alpha value is -0.570. The van der Waals surface area contributed by atoms with E-state index < -0.39 is 0 Å². The molecule has 1 saturated heterocycles. The van der Waals surface area contributed by atoms with E-state index in [0.717, 1.165) is 32.5 Å². The molecule has 1 amide bonds. The van der Waals surface area contributed by atoms with Crippen molar-refractivity contribution in [3.63, 3.8) is 0 Å². The average Bonchev–Trinajstić information content (AvgIpc) is 2.42. The number of hydrogen-bond donors (Lipinski definition) is 1. The van der Waals surface area contributed by atoms with Gasteiger partial charge in [-0.1, -0.05) is 19.3 Å². The van der Waals surface area contributed by atoms with Gasteiger partial charge in [0.25, 0.3) is 0 Å². The molecule has 1 aliphatic heterocycles. The van der Waals surface area contributed by atoms with Crippen LogP contribution in [0.1, 0.15) is 51.9 Å². The van der Waals surface area contributed by atoms with E-state index in [1.807, 2.05) is 0 Å².